The van der Waals surface area contributed by atoms with E-state index in [1.54, 1.807) is 0 Å². The minimum absolute atomic E-state index is 0.435. The zero-order valence-electron chi connectivity index (χ0n) is 17.6. The zero-order valence-corrected chi connectivity index (χ0v) is 19.2. The Morgan fingerprint density at radius 1 is 1.03 bits per heavy atom. The van der Waals surface area contributed by atoms with Crippen LogP contribution in [0.1, 0.15) is 30.1 Å². The van der Waals surface area contributed by atoms with Gasteiger partial charge in [-0.1, -0.05) is 69.6 Å². The second-order valence-electron chi connectivity index (χ2n) is 8.39. The number of hydrogen-bond donors (Lipinski definition) is 1. The topological polar surface area (TPSA) is 41.3 Å². The molecule has 4 nitrogen and oxygen atoms in total. The molecule has 0 radical (unpaired) electrons. The first kappa shape index (κ1) is 20.4. The minimum atomic E-state index is 0.435. The van der Waals surface area contributed by atoms with Gasteiger partial charge in [-0.05, 0) is 61.0 Å². The lowest BCUT2D eigenvalue weighted by molar-refractivity contribution is 0.156. The molecule has 0 aliphatic carbocycles. The van der Waals surface area contributed by atoms with E-state index in [9.17, 15) is 0 Å². The third-order valence-electron chi connectivity index (χ3n) is 6.29. The lowest BCUT2D eigenvalue weighted by Crippen LogP contribution is -2.42. The van der Waals surface area contributed by atoms with Crippen molar-refractivity contribution >= 4 is 26.7 Å². The molecule has 158 valence electrons. The van der Waals surface area contributed by atoms with Crippen molar-refractivity contribution in [1.29, 1.82) is 0 Å². The molecule has 2 atom stereocenters. The highest BCUT2D eigenvalue weighted by molar-refractivity contribution is 9.10. The van der Waals surface area contributed by atoms with Gasteiger partial charge in [-0.25, -0.2) is 0 Å². The van der Waals surface area contributed by atoms with Crippen molar-refractivity contribution in [3.05, 3.63) is 88.5 Å². The van der Waals surface area contributed by atoms with Crippen molar-refractivity contribution in [3.63, 3.8) is 0 Å². The lowest BCUT2D eigenvalue weighted by Gasteiger charge is -2.37. The van der Waals surface area contributed by atoms with E-state index in [1.165, 1.54) is 16.3 Å². The first-order chi connectivity index (χ1) is 15.2. The number of nitrogens with zero attached hydrogens (tertiary/aromatic N) is 2. The molecule has 1 saturated heterocycles. The molecule has 1 fully saturated rings. The Balaban J connectivity index is 1.24. The van der Waals surface area contributed by atoms with E-state index in [-0.39, 0.29) is 0 Å². The molecule has 31 heavy (non-hydrogen) atoms. The van der Waals surface area contributed by atoms with E-state index < -0.39 is 0 Å². The number of aromatic nitrogens is 1. The van der Waals surface area contributed by atoms with Crippen molar-refractivity contribution < 1.29 is 4.52 Å². The smallest absolute Gasteiger partial charge is 0.167 e. The van der Waals surface area contributed by atoms with E-state index in [0.717, 1.165) is 47.4 Å². The maximum atomic E-state index is 5.66. The summed E-state index contributed by atoms with van der Waals surface area (Å²) in [4.78, 5) is 2.45. The first-order valence-corrected chi connectivity index (χ1v) is 11.6. The van der Waals surface area contributed by atoms with Crippen molar-refractivity contribution in [2.45, 2.75) is 31.5 Å². The van der Waals surface area contributed by atoms with Crippen LogP contribution >= 0.6 is 15.9 Å². The first-order valence-electron chi connectivity index (χ1n) is 10.8. The van der Waals surface area contributed by atoms with Crippen LogP contribution < -0.4 is 5.32 Å². The SMILES string of the molecule is CN1CCC(NCc2cc(-c3ccc4ccccc4c3)on2)CC1c1ccc(Br)cc1. The molecule has 5 heteroatoms. The Morgan fingerprint density at radius 2 is 1.84 bits per heavy atom. The second-order valence-corrected chi connectivity index (χ2v) is 9.31. The van der Waals surface area contributed by atoms with Crippen molar-refractivity contribution in [2.24, 2.45) is 0 Å². The molecule has 5 rings (SSSR count). The summed E-state index contributed by atoms with van der Waals surface area (Å²) in [7, 11) is 2.22. The van der Waals surface area contributed by atoms with Crippen molar-refractivity contribution in [1.82, 2.24) is 15.4 Å². The summed E-state index contributed by atoms with van der Waals surface area (Å²) in [5, 5.41) is 10.5. The largest absolute Gasteiger partial charge is 0.356 e. The summed E-state index contributed by atoms with van der Waals surface area (Å²) < 4.78 is 6.78. The molecule has 1 aromatic heterocycles. The fourth-order valence-electron chi connectivity index (χ4n) is 4.47. The maximum Gasteiger partial charge on any atom is 0.167 e. The third-order valence-corrected chi connectivity index (χ3v) is 6.82. The predicted molar refractivity (Wildman–Crippen MR) is 129 cm³/mol. The normalized spacial score (nSPS) is 19.7. The van der Waals surface area contributed by atoms with Crippen LogP contribution in [0.4, 0.5) is 0 Å². The summed E-state index contributed by atoms with van der Waals surface area (Å²) in [6.45, 7) is 1.80. The van der Waals surface area contributed by atoms with E-state index in [2.05, 4.69) is 111 Å². The number of fused-ring (bicyclic) bond motifs is 1. The van der Waals surface area contributed by atoms with Gasteiger partial charge in [0.2, 0.25) is 0 Å². The van der Waals surface area contributed by atoms with Crippen molar-refractivity contribution in [3.8, 4) is 11.3 Å². The Kier molecular flexibility index (Phi) is 5.90. The average Bonchev–Trinajstić information content (AvgIpc) is 3.28. The zero-order chi connectivity index (χ0) is 21.2. The molecule has 0 amide bonds. The van der Waals surface area contributed by atoms with Gasteiger partial charge in [0.25, 0.3) is 0 Å². The number of nitrogens with one attached hydrogen (secondary N) is 1. The molecular formula is C26H26BrN3O. The molecule has 2 unspecified atom stereocenters. The van der Waals surface area contributed by atoms with Crippen LogP contribution in [0.5, 0.6) is 0 Å². The van der Waals surface area contributed by atoms with Crippen LogP contribution in [0.2, 0.25) is 0 Å². The van der Waals surface area contributed by atoms with Crippen LogP contribution in [0.3, 0.4) is 0 Å². The third kappa shape index (κ3) is 4.59. The highest BCUT2D eigenvalue weighted by Gasteiger charge is 2.27. The van der Waals surface area contributed by atoms with Gasteiger partial charge in [-0.2, -0.15) is 0 Å². The van der Waals surface area contributed by atoms with Gasteiger partial charge in [-0.3, -0.25) is 4.90 Å². The van der Waals surface area contributed by atoms with Crippen LogP contribution in [0, 0.1) is 0 Å². The van der Waals surface area contributed by atoms with Crippen LogP contribution in [0.15, 0.2) is 81.8 Å². The Bertz CT molecular complexity index is 1170. The number of benzene rings is 3. The van der Waals surface area contributed by atoms with Gasteiger partial charge in [0, 0.05) is 34.7 Å². The number of hydrogen-bond acceptors (Lipinski definition) is 4. The molecular weight excluding hydrogens is 450 g/mol. The van der Waals surface area contributed by atoms with Crippen molar-refractivity contribution in [2.75, 3.05) is 13.6 Å². The Morgan fingerprint density at radius 3 is 2.68 bits per heavy atom. The lowest BCUT2D eigenvalue weighted by atomic mass is 9.92. The molecule has 0 saturated carbocycles. The predicted octanol–water partition coefficient (Wildman–Crippen LogP) is 6.18. The van der Waals surface area contributed by atoms with Crippen LogP contribution in [-0.4, -0.2) is 29.7 Å². The van der Waals surface area contributed by atoms with Crippen LogP contribution in [0.25, 0.3) is 22.1 Å². The van der Waals surface area contributed by atoms with Gasteiger partial charge >= 0.3 is 0 Å². The summed E-state index contributed by atoms with van der Waals surface area (Å²) >= 11 is 3.54. The summed E-state index contributed by atoms with van der Waals surface area (Å²) in [6, 6.07) is 26.4. The summed E-state index contributed by atoms with van der Waals surface area (Å²) in [5.74, 6) is 0.818. The Hall–Kier alpha value is -2.47. The number of rotatable bonds is 5. The van der Waals surface area contributed by atoms with Gasteiger partial charge in [0.1, 0.15) is 0 Å². The minimum Gasteiger partial charge on any atom is -0.356 e. The van der Waals surface area contributed by atoms with Gasteiger partial charge < -0.3 is 9.84 Å². The number of piperidine rings is 1. The molecule has 0 spiro atoms. The van der Waals surface area contributed by atoms with E-state index in [0.29, 0.717) is 12.1 Å². The molecule has 1 N–H and O–H groups in total. The summed E-state index contributed by atoms with van der Waals surface area (Å²) in [6.07, 6.45) is 2.23. The van der Waals surface area contributed by atoms with E-state index in [4.69, 9.17) is 4.52 Å². The molecule has 0 bridgehead atoms. The standard InChI is InChI=1S/C26H26BrN3O/c1-30-13-12-23(15-25(30)19-8-10-22(27)11-9-19)28-17-24-16-26(31-29-24)21-7-6-18-4-2-3-5-20(18)14-21/h2-11,14,16,23,25,28H,12-13,15,17H2,1H3. The average molecular weight is 476 g/mol. The highest BCUT2D eigenvalue weighted by Crippen LogP contribution is 2.31. The summed E-state index contributed by atoms with van der Waals surface area (Å²) in [5.41, 5.74) is 3.38. The molecule has 1 aliphatic rings. The number of likely N-dealkylation sites (tertiary alicyclic amines) is 1. The molecule has 1 aliphatic heterocycles. The van der Waals surface area contributed by atoms with Gasteiger partial charge in [-0.15, -0.1) is 0 Å². The quantitative estimate of drug-likeness (QED) is 0.373. The van der Waals surface area contributed by atoms with Gasteiger partial charge in [0.05, 0.1) is 5.69 Å². The molecule has 4 aromatic rings. The highest BCUT2D eigenvalue weighted by atomic mass is 79.9. The molecule has 3 aromatic carbocycles. The fourth-order valence-corrected chi connectivity index (χ4v) is 4.73. The van der Waals surface area contributed by atoms with Crippen LogP contribution in [-0.2, 0) is 6.54 Å². The molecule has 2 heterocycles. The monoisotopic (exact) mass is 475 g/mol. The maximum absolute atomic E-state index is 5.66. The van der Waals surface area contributed by atoms with E-state index >= 15 is 0 Å². The van der Waals surface area contributed by atoms with Gasteiger partial charge in [0.15, 0.2) is 5.76 Å². The Labute approximate surface area is 191 Å². The number of halogens is 1. The fraction of sp³-hybridized carbons (Fsp3) is 0.269. The second kappa shape index (κ2) is 8.95. The van der Waals surface area contributed by atoms with E-state index in [1.807, 2.05) is 0 Å².